The molecule has 3 rings (SSSR count). The maximum Gasteiger partial charge on any atom is 0.280 e. The summed E-state index contributed by atoms with van der Waals surface area (Å²) in [6.45, 7) is 3.22. The van der Waals surface area contributed by atoms with Crippen LogP contribution < -0.4 is 4.74 Å². The Morgan fingerprint density at radius 3 is 2.88 bits per heavy atom. The lowest BCUT2D eigenvalue weighted by Crippen LogP contribution is -2.42. The van der Waals surface area contributed by atoms with Crippen molar-refractivity contribution in [1.29, 1.82) is 0 Å². The van der Waals surface area contributed by atoms with Gasteiger partial charge in [-0.25, -0.2) is 4.68 Å². The number of benzene rings is 1. The molecule has 1 saturated heterocycles. The second-order valence-electron chi connectivity index (χ2n) is 6.04. The molecule has 24 heavy (non-hydrogen) atoms. The van der Waals surface area contributed by atoms with E-state index in [2.05, 4.69) is 17.2 Å². The molecule has 1 unspecified atom stereocenters. The molecule has 7 heteroatoms. The molecule has 0 aliphatic carbocycles. The SMILES string of the molecule is COc1c(C(=O)N2CCCCC2C)nnn1Cc1ccccc1Cl. The summed E-state index contributed by atoms with van der Waals surface area (Å²) in [5, 5.41) is 8.82. The number of hydrogen-bond acceptors (Lipinski definition) is 4. The summed E-state index contributed by atoms with van der Waals surface area (Å²) in [7, 11) is 1.53. The first-order chi connectivity index (χ1) is 11.6. The Bertz CT molecular complexity index is 731. The number of aromatic nitrogens is 3. The van der Waals surface area contributed by atoms with Gasteiger partial charge in [-0.1, -0.05) is 35.0 Å². The lowest BCUT2D eigenvalue weighted by Gasteiger charge is -2.32. The maximum absolute atomic E-state index is 12.8. The predicted octanol–water partition coefficient (Wildman–Crippen LogP) is 3.00. The second kappa shape index (κ2) is 7.21. The van der Waals surface area contributed by atoms with E-state index < -0.39 is 0 Å². The van der Waals surface area contributed by atoms with Gasteiger partial charge in [-0.2, -0.15) is 0 Å². The lowest BCUT2D eigenvalue weighted by atomic mass is 10.0. The van der Waals surface area contributed by atoms with E-state index in [1.54, 1.807) is 4.68 Å². The van der Waals surface area contributed by atoms with Crippen LogP contribution in [0.1, 0.15) is 42.2 Å². The Balaban J connectivity index is 1.86. The fourth-order valence-corrected chi connectivity index (χ4v) is 3.26. The van der Waals surface area contributed by atoms with Crippen LogP contribution in [-0.2, 0) is 6.54 Å². The molecule has 2 aromatic rings. The van der Waals surface area contributed by atoms with E-state index in [-0.39, 0.29) is 17.6 Å². The largest absolute Gasteiger partial charge is 0.479 e. The molecule has 2 heterocycles. The first kappa shape index (κ1) is 16.8. The van der Waals surface area contributed by atoms with Gasteiger partial charge in [-0.3, -0.25) is 4.79 Å². The first-order valence-corrected chi connectivity index (χ1v) is 8.51. The molecule has 0 bridgehead atoms. The molecular formula is C17H21ClN4O2. The van der Waals surface area contributed by atoms with Gasteiger partial charge in [0.2, 0.25) is 11.6 Å². The zero-order valence-corrected chi connectivity index (χ0v) is 14.7. The normalized spacial score (nSPS) is 17.8. The molecule has 0 spiro atoms. The summed E-state index contributed by atoms with van der Waals surface area (Å²) in [5.41, 5.74) is 1.16. The van der Waals surface area contributed by atoms with E-state index in [0.29, 0.717) is 17.4 Å². The number of piperidine rings is 1. The van der Waals surface area contributed by atoms with E-state index in [0.717, 1.165) is 31.4 Å². The average molecular weight is 349 g/mol. The Labute approximate surface area is 146 Å². The number of nitrogens with zero attached hydrogens (tertiary/aromatic N) is 4. The third-order valence-corrected chi connectivity index (χ3v) is 4.80. The minimum Gasteiger partial charge on any atom is -0.479 e. The number of ether oxygens (including phenoxy) is 1. The van der Waals surface area contributed by atoms with E-state index in [4.69, 9.17) is 16.3 Å². The van der Waals surface area contributed by atoms with Crippen molar-refractivity contribution in [2.75, 3.05) is 13.7 Å². The highest BCUT2D eigenvalue weighted by atomic mass is 35.5. The van der Waals surface area contributed by atoms with Crippen molar-refractivity contribution in [1.82, 2.24) is 19.9 Å². The highest BCUT2D eigenvalue weighted by Crippen LogP contribution is 2.24. The van der Waals surface area contributed by atoms with Crippen LogP contribution in [0.3, 0.4) is 0 Å². The monoisotopic (exact) mass is 348 g/mol. The van der Waals surface area contributed by atoms with Crippen LogP contribution in [0.2, 0.25) is 5.02 Å². The summed E-state index contributed by atoms with van der Waals surface area (Å²) in [6, 6.07) is 7.73. The van der Waals surface area contributed by atoms with Gasteiger partial charge in [0, 0.05) is 17.6 Å². The predicted molar refractivity (Wildman–Crippen MR) is 91.5 cm³/mol. The summed E-state index contributed by atoms with van der Waals surface area (Å²) >= 11 is 6.20. The standard InChI is InChI=1S/C17H21ClN4O2/c1-12-7-5-6-10-21(12)16(23)15-17(24-2)22(20-19-15)11-13-8-3-4-9-14(13)18/h3-4,8-9,12H,5-7,10-11H2,1-2H3. The summed E-state index contributed by atoms with van der Waals surface area (Å²) in [5.74, 6) is 0.252. The molecule has 1 aromatic heterocycles. The van der Waals surface area contributed by atoms with E-state index in [1.165, 1.54) is 7.11 Å². The molecule has 1 amide bonds. The van der Waals surface area contributed by atoms with Gasteiger partial charge >= 0.3 is 0 Å². The number of carbonyl (C=O) groups excluding carboxylic acids is 1. The average Bonchev–Trinajstić information content (AvgIpc) is 2.99. The van der Waals surface area contributed by atoms with Crippen LogP contribution in [0.4, 0.5) is 0 Å². The zero-order chi connectivity index (χ0) is 17.1. The Morgan fingerprint density at radius 1 is 1.38 bits per heavy atom. The molecule has 0 N–H and O–H groups in total. The highest BCUT2D eigenvalue weighted by molar-refractivity contribution is 6.31. The minimum atomic E-state index is -0.121. The molecule has 0 radical (unpaired) electrons. The maximum atomic E-state index is 12.8. The molecule has 0 saturated carbocycles. The molecule has 1 aliphatic heterocycles. The van der Waals surface area contributed by atoms with Gasteiger partial charge in [-0.05, 0) is 37.8 Å². The topological polar surface area (TPSA) is 60.2 Å². The number of hydrogen-bond donors (Lipinski definition) is 0. The molecule has 6 nitrogen and oxygen atoms in total. The molecule has 1 aliphatic rings. The van der Waals surface area contributed by atoms with Gasteiger partial charge in [0.25, 0.3) is 5.91 Å². The number of carbonyl (C=O) groups is 1. The quantitative estimate of drug-likeness (QED) is 0.852. The third kappa shape index (κ3) is 3.24. The number of amides is 1. The van der Waals surface area contributed by atoms with Crippen molar-refractivity contribution in [3.05, 3.63) is 40.5 Å². The number of likely N-dealkylation sites (tertiary alicyclic amines) is 1. The van der Waals surface area contributed by atoms with Crippen LogP contribution in [0.5, 0.6) is 5.88 Å². The first-order valence-electron chi connectivity index (χ1n) is 8.13. The van der Waals surface area contributed by atoms with Gasteiger partial charge in [0.1, 0.15) is 0 Å². The van der Waals surface area contributed by atoms with E-state index in [9.17, 15) is 4.79 Å². The van der Waals surface area contributed by atoms with Gasteiger partial charge < -0.3 is 9.64 Å². The van der Waals surface area contributed by atoms with E-state index in [1.807, 2.05) is 29.2 Å². The number of rotatable bonds is 4. The van der Waals surface area contributed by atoms with Crippen molar-refractivity contribution in [3.8, 4) is 5.88 Å². The summed E-state index contributed by atoms with van der Waals surface area (Å²) in [6.07, 6.45) is 3.19. The smallest absolute Gasteiger partial charge is 0.280 e. The molecule has 1 atom stereocenters. The van der Waals surface area contributed by atoms with Crippen LogP contribution in [0, 0.1) is 0 Å². The Morgan fingerprint density at radius 2 is 2.17 bits per heavy atom. The van der Waals surface area contributed by atoms with Crippen LogP contribution in [-0.4, -0.2) is 45.5 Å². The van der Waals surface area contributed by atoms with Crippen molar-refractivity contribution < 1.29 is 9.53 Å². The van der Waals surface area contributed by atoms with Crippen molar-refractivity contribution in [2.24, 2.45) is 0 Å². The molecular weight excluding hydrogens is 328 g/mol. The zero-order valence-electron chi connectivity index (χ0n) is 13.9. The van der Waals surface area contributed by atoms with Crippen molar-refractivity contribution in [3.63, 3.8) is 0 Å². The fourth-order valence-electron chi connectivity index (χ4n) is 3.07. The van der Waals surface area contributed by atoms with Crippen LogP contribution in [0.15, 0.2) is 24.3 Å². The van der Waals surface area contributed by atoms with Crippen molar-refractivity contribution in [2.45, 2.75) is 38.8 Å². The molecule has 1 fully saturated rings. The van der Waals surface area contributed by atoms with Crippen LogP contribution in [0.25, 0.3) is 0 Å². The van der Waals surface area contributed by atoms with Crippen LogP contribution >= 0.6 is 11.6 Å². The fraction of sp³-hybridized carbons (Fsp3) is 0.471. The van der Waals surface area contributed by atoms with Gasteiger partial charge in [0.15, 0.2) is 0 Å². The highest BCUT2D eigenvalue weighted by Gasteiger charge is 2.30. The number of halogens is 1. The summed E-state index contributed by atoms with van der Waals surface area (Å²) in [4.78, 5) is 14.7. The Hall–Kier alpha value is -2.08. The van der Waals surface area contributed by atoms with Gasteiger partial charge in [-0.15, -0.1) is 5.10 Å². The minimum absolute atomic E-state index is 0.121. The van der Waals surface area contributed by atoms with Gasteiger partial charge in [0.05, 0.1) is 13.7 Å². The van der Waals surface area contributed by atoms with E-state index >= 15 is 0 Å². The Kier molecular flexibility index (Phi) is 5.04. The molecule has 128 valence electrons. The lowest BCUT2D eigenvalue weighted by molar-refractivity contribution is 0.0625. The second-order valence-corrected chi connectivity index (χ2v) is 6.45. The van der Waals surface area contributed by atoms with Crippen molar-refractivity contribution >= 4 is 17.5 Å². The number of methoxy groups -OCH3 is 1. The molecule has 1 aromatic carbocycles. The summed E-state index contributed by atoms with van der Waals surface area (Å²) < 4.78 is 7.00. The third-order valence-electron chi connectivity index (χ3n) is 4.43.